The van der Waals surface area contributed by atoms with Crippen LogP contribution < -0.4 is 4.90 Å². The molecule has 2 aliphatic rings. The minimum Gasteiger partial charge on any atom is -0.294 e. The second-order valence-electron chi connectivity index (χ2n) is 8.82. The summed E-state index contributed by atoms with van der Waals surface area (Å²) in [6.45, 7) is 1.98. The first kappa shape index (κ1) is 24.7. The molecule has 0 radical (unpaired) electrons. The fourth-order valence-corrected chi connectivity index (χ4v) is 6.62. The van der Waals surface area contributed by atoms with Gasteiger partial charge in [0.2, 0.25) is 11.0 Å². The Kier molecular flexibility index (Phi) is 6.74. The van der Waals surface area contributed by atoms with Gasteiger partial charge in [0, 0.05) is 35.8 Å². The number of aryl methyl sites for hydroxylation is 1. The number of thioether (sulfide) groups is 1. The zero-order valence-corrected chi connectivity index (χ0v) is 21.0. The van der Waals surface area contributed by atoms with Crippen molar-refractivity contribution in [2.75, 3.05) is 4.90 Å². The summed E-state index contributed by atoms with van der Waals surface area (Å²) in [7, 11) is 0. The topological polar surface area (TPSA) is 63.2 Å². The van der Waals surface area contributed by atoms with Crippen molar-refractivity contribution in [2.24, 2.45) is 0 Å². The van der Waals surface area contributed by atoms with Gasteiger partial charge in [-0.25, -0.2) is 0 Å². The molecule has 1 aliphatic carbocycles. The number of halogens is 3. The number of ketones is 1. The van der Waals surface area contributed by atoms with Crippen molar-refractivity contribution < 1.29 is 22.8 Å². The lowest BCUT2D eigenvalue weighted by Gasteiger charge is -2.37. The van der Waals surface area contributed by atoms with Gasteiger partial charge < -0.3 is 0 Å². The van der Waals surface area contributed by atoms with Gasteiger partial charge in [0.05, 0.1) is 5.56 Å². The molecule has 0 saturated carbocycles. The van der Waals surface area contributed by atoms with Crippen LogP contribution in [0.5, 0.6) is 0 Å². The number of nitrogens with zero attached hydrogens (tertiary/aromatic N) is 3. The van der Waals surface area contributed by atoms with Gasteiger partial charge in [-0.1, -0.05) is 65.6 Å². The van der Waals surface area contributed by atoms with Crippen molar-refractivity contribution in [1.82, 2.24) is 10.2 Å². The first-order valence-electron chi connectivity index (χ1n) is 11.5. The Morgan fingerprint density at radius 2 is 1.89 bits per heavy atom. The number of carbonyl (C=O) groups excluding carboxylic acids is 2. The van der Waals surface area contributed by atoms with E-state index in [1.54, 1.807) is 6.07 Å². The molecule has 5 nitrogen and oxygen atoms in total. The Labute approximate surface area is 214 Å². The van der Waals surface area contributed by atoms with Crippen LogP contribution in [-0.2, 0) is 21.5 Å². The number of hydrogen-bond acceptors (Lipinski definition) is 6. The van der Waals surface area contributed by atoms with Crippen LogP contribution in [0, 0.1) is 6.92 Å². The molecule has 10 heteroatoms. The summed E-state index contributed by atoms with van der Waals surface area (Å²) < 4.78 is 39.6. The summed E-state index contributed by atoms with van der Waals surface area (Å²) in [4.78, 5) is 28.0. The summed E-state index contributed by atoms with van der Waals surface area (Å²) in [5.41, 5.74) is 3.23. The largest absolute Gasteiger partial charge is 0.416 e. The number of anilines is 1. The van der Waals surface area contributed by atoms with Crippen molar-refractivity contribution >= 4 is 39.9 Å². The van der Waals surface area contributed by atoms with Gasteiger partial charge in [0.1, 0.15) is 0 Å². The number of hydrogen-bond donors (Lipinski definition) is 0. The molecule has 0 unspecified atom stereocenters. The molecule has 0 saturated heterocycles. The molecule has 186 valence electrons. The number of benzene rings is 2. The van der Waals surface area contributed by atoms with Gasteiger partial charge in [-0.15, -0.1) is 10.2 Å². The SMILES string of the molecule is Cc1ccccc1[C@@H]1CC(=O)N(c2nnc(SCc3cccc(C(F)(F)F)c3)s2)C2=C1C(=O)CCC2. The summed E-state index contributed by atoms with van der Waals surface area (Å²) in [6, 6.07) is 13.0. The Hall–Kier alpha value is -2.98. The monoisotopic (exact) mass is 529 g/mol. The molecule has 2 aromatic carbocycles. The molecule has 0 bridgehead atoms. The molecular formula is C26H22F3N3O2S2. The van der Waals surface area contributed by atoms with Gasteiger partial charge in [-0.2, -0.15) is 13.2 Å². The minimum atomic E-state index is -4.40. The number of amides is 1. The zero-order chi connectivity index (χ0) is 25.4. The van der Waals surface area contributed by atoms with Crippen LogP contribution in [0.1, 0.15) is 53.9 Å². The molecule has 1 aliphatic heterocycles. The smallest absolute Gasteiger partial charge is 0.294 e. The van der Waals surface area contributed by atoms with Crippen LogP contribution in [0.2, 0.25) is 0 Å². The predicted molar refractivity (Wildman–Crippen MR) is 133 cm³/mol. The maximum atomic E-state index is 13.4. The van der Waals surface area contributed by atoms with E-state index in [1.807, 2.05) is 31.2 Å². The van der Waals surface area contributed by atoms with Crippen LogP contribution in [0.3, 0.4) is 0 Å². The molecule has 0 fully saturated rings. The molecule has 0 N–H and O–H groups in total. The molecule has 5 rings (SSSR count). The van der Waals surface area contributed by atoms with Crippen LogP contribution in [0.15, 0.2) is 64.1 Å². The highest BCUT2D eigenvalue weighted by Crippen LogP contribution is 2.45. The van der Waals surface area contributed by atoms with Crippen LogP contribution in [-0.4, -0.2) is 21.9 Å². The number of rotatable bonds is 5. The first-order chi connectivity index (χ1) is 17.2. The first-order valence-corrected chi connectivity index (χ1v) is 13.3. The standard InChI is InChI=1S/C26H22F3N3O2S2/c1-15-6-2-3-9-18(15)19-13-22(34)32(20-10-5-11-21(33)23(19)20)24-30-31-25(36-24)35-14-16-7-4-8-17(12-16)26(27,28)29/h2-4,6-9,12,19H,5,10-11,13-14H2,1H3/t19-/m0/s1. The van der Waals surface area contributed by atoms with Crippen LogP contribution in [0.25, 0.3) is 0 Å². The van der Waals surface area contributed by atoms with Gasteiger partial charge in [0.25, 0.3) is 0 Å². The van der Waals surface area contributed by atoms with Crippen molar-refractivity contribution in [1.29, 1.82) is 0 Å². The number of alkyl halides is 3. The lowest BCUT2D eigenvalue weighted by Crippen LogP contribution is -2.40. The normalized spacial score (nSPS) is 18.6. The molecular weight excluding hydrogens is 507 g/mol. The van der Waals surface area contributed by atoms with Crippen LogP contribution >= 0.6 is 23.1 Å². The highest BCUT2D eigenvalue weighted by molar-refractivity contribution is 8.00. The Bertz CT molecular complexity index is 1370. The summed E-state index contributed by atoms with van der Waals surface area (Å²) in [5.74, 6) is -0.0674. The lowest BCUT2D eigenvalue weighted by molar-refractivity contribution is -0.137. The summed E-state index contributed by atoms with van der Waals surface area (Å²) >= 11 is 2.47. The second-order valence-corrected chi connectivity index (χ2v) is 11.0. The molecule has 36 heavy (non-hydrogen) atoms. The van der Waals surface area contributed by atoms with Gasteiger partial charge in [0.15, 0.2) is 10.1 Å². The third-order valence-corrected chi connectivity index (χ3v) is 8.56. The third kappa shape index (κ3) is 4.84. The van der Waals surface area contributed by atoms with E-state index in [1.165, 1.54) is 34.1 Å². The van der Waals surface area contributed by atoms with E-state index < -0.39 is 11.7 Å². The van der Waals surface area contributed by atoms with Crippen molar-refractivity contribution in [3.63, 3.8) is 0 Å². The Morgan fingerprint density at radius 1 is 1.08 bits per heavy atom. The maximum Gasteiger partial charge on any atom is 0.416 e. The van der Waals surface area contributed by atoms with E-state index in [-0.39, 0.29) is 29.8 Å². The van der Waals surface area contributed by atoms with Crippen molar-refractivity contribution in [2.45, 2.75) is 54.8 Å². The van der Waals surface area contributed by atoms with Crippen molar-refractivity contribution in [3.05, 3.63) is 82.1 Å². The highest BCUT2D eigenvalue weighted by Gasteiger charge is 2.41. The van der Waals surface area contributed by atoms with E-state index in [0.717, 1.165) is 23.3 Å². The lowest BCUT2D eigenvalue weighted by atomic mass is 9.76. The fraction of sp³-hybridized carbons (Fsp3) is 0.308. The highest BCUT2D eigenvalue weighted by atomic mass is 32.2. The Morgan fingerprint density at radius 3 is 2.67 bits per heavy atom. The molecule has 1 atom stereocenters. The van der Waals surface area contributed by atoms with E-state index >= 15 is 0 Å². The predicted octanol–water partition coefficient (Wildman–Crippen LogP) is 6.69. The molecule has 0 spiro atoms. The molecule has 1 amide bonds. The van der Waals surface area contributed by atoms with Gasteiger partial charge >= 0.3 is 6.18 Å². The molecule has 1 aromatic heterocycles. The maximum absolute atomic E-state index is 13.4. The van der Waals surface area contributed by atoms with Gasteiger partial charge in [-0.3, -0.25) is 14.5 Å². The summed E-state index contributed by atoms with van der Waals surface area (Å²) in [5, 5.41) is 8.77. The zero-order valence-electron chi connectivity index (χ0n) is 19.3. The molecule has 3 aromatic rings. The minimum absolute atomic E-state index is 0.0608. The van der Waals surface area contributed by atoms with E-state index in [2.05, 4.69) is 10.2 Å². The van der Waals surface area contributed by atoms with E-state index in [0.29, 0.717) is 45.6 Å². The average Bonchev–Trinajstić information content (AvgIpc) is 3.31. The third-order valence-electron chi connectivity index (χ3n) is 6.44. The molecule has 2 heterocycles. The van der Waals surface area contributed by atoms with Crippen molar-refractivity contribution in [3.8, 4) is 0 Å². The van der Waals surface area contributed by atoms with E-state index in [9.17, 15) is 22.8 Å². The quantitative estimate of drug-likeness (QED) is 0.272. The number of Topliss-reactive ketones (excluding diaryl/α,β-unsaturated/α-hetero) is 1. The average molecular weight is 530 g/mol. The van der Waals surface area contributed by atoms with Gasteiger partial charge in [-0.05, 0) is 42.5 Å². The van der Waals surface area contributed by atoms with Crippen LogP contribution in [0.4, 0.5) is 18.3 Å². The van der Waals surface area contributed by atoms with E-state index in [4.69, 9.17) is 0 Å². The summed E-state index contributed by atoms with van der Waals surface area (Å²) in [6.07, 6.45) is -2.51. The number of allylic oxidation sites excluding steroid dienone is 2. The fourth-order valence-electron chi connectivity index (χ4n) is 4.79. The second kappa shape index (κ2) is 9.82. The number of carbonyl (C=O) groups is 2. The Balaban J connectivity index is 1.41. The number of aromatic nitrogens is 2.